The van der Waals surface area contributed by atoms with Crippen molar-refractivity contribution >= 4 is 12.1 Å². The second kappa shape index (κ2) is 12.8. The van der Waals surface area contributed by atoms with Crippen molar-refractivity contribution < 1.29 is 32.9 Å². The zero-order chi connectivity index (χ0) is 28.9. The summed E-state index contributed by atoms with van der Waals surface area (Å²) in [5.74, 6) is -0.197. The zero-order valence-electron chi connectivity index (χ0n) is 24.3. The van der Waals surface area contributed by atoms with Crippen molar-refractivity contribution in [2.45, 2.75) is 65.9 Å². The maximum atomic E-state index is 14.6. The van der Waals surface area contributed by atoms with Gasteiger partial charge in [0.2, 0.25) is 0 Å². The maximum Gasteiger partial charge on any atom is 0.410 e. The number of methoxy groups -OCH3 is 2. The van der Waals surface area contributed by atoms with Crippen molar-refractivity contribution in [2.24, 2.45) is 0 Å². The summed E-state index contributed by atoms with van der Waals surface area (Å²) in [5, 5.41) is 0. The Labute approximate surface area is 231 Å². The monoisotopic (exact) mass is 544 g/mol. The summed E-state index contributed by atoms with van der Waals surface area (Å²) in [6.45, 7) is 13.5. The van der Waals surface area contributed by atoms with E-state index < -0.39 is 17.7 Å². The quantitative estimate of drug-likeness (QED) is 0.410. The van der Waals surface area contributed by atoms with E-state index >= 15 is 0 Å². The standard InChI is InChI=1S/C30H41FN2O6/c1-19-9-10-22(15-25(19)31)27(17-32-11-12-33(21(3)16-32)29(35)39-30(4,5)6)38-26-13-20(2)24(28(34)37-8)14-23(26)18-36-7/h9-10,13-15,21,27H,11-12,16-18H2,1-8H3/t21-,27-/m1/s1. The summed E-state index contributed by atoms with van der Waals surface area (Å²) in [7, 11) is 2.91. The molecular formula is C30H41FN2O6. The van der Waals surface area contributed by atoms with Crippen LogP contribution in [0.4, 0.5) is 9.18 Å². The molecule has 3 rings (SSSR count). The van der Waals surface area contributed by atoms with Gasteiger partial charge in [0, 0.05) is 44.9 Å². The van der Waals surface area contributed by atoms with Crippen LogP contribution in [0.5, 0.6) is 5.75 Å². The minimum absolute atomic E-state index is 0.0744. The number of amides is 1. The predicted octanol–water partition coefficient (Wildman–Crippen LogP) is 5.44. The van der Waals surface area contributed by atoms with Gasteiger partial charge in [-0.1, -0.05) is 12.1 Å². The summed E-state index contributed by atoms with van der Waals surface area (Å²) in [4.78, 5) is 28.9. The molecule has 0 spiro atoms. The average Bonchev–Trinajstić information content (AvgIpc) is 2.85. The van der Waals surface area contributed by atoms with Crippen LogP contribution in [-0.4, -0.2) is 73.9 Å². The van der Waals surface area contributed by atoms with E-state index in [1.54, 1.807) is 37.1 Å². The third-order valence-electron chi connectivity index (χ3n) is 6.71. The molecule has 214 valence electrons. The van der Waals surface area contributed by atoms with Crippen LogP contribution in [-0.2, 0) is 20.8 Å². The Morgan fingerprint density at radius 2 is 1.79 bits per heavy atom. The van der Waals surface area contributed by atoms with Gasteiger partial charge in [-0.2, -0.15) is 0 Å². The molecule has 1 amide bonds. The molecule has 0 saturated carbocycles. The van der Waals surface area contributed by atoms with Crippen molar-refractivity contribution in [3.8, 4) is 5.75 Å². The first-order chi connectivity index (χ1) is 18.3. The number of esters is 1. The second-order valence-corrected chi connectivity index (χ2v) is 11.1. The van der Waals surface area contributed by atoms with E-state index in [4.69, 9.17) is 18.9 Å². The number of rotatable bonds is 8. The molecule has 2 aromatic carbocycles. The number of piperazine rings is 1. The van der Waals surface area contributed by atoms with Crippen LogP contribution in [0.3, 0.4) is 0 Å². The van der Waals surface area contributed by atoms with E-state index in [-0.39, 0.29) is 24.6 Å². The first kappa shape index (κ1) is 30.4. The first-order valence-corrected chi connectivity index (χ1v) is 13.2. The van der Waals surface area contributed by atoms with Crippen LogP contribution in [0, 0.1) is 19.7 Å². The van der Waals surface area contributed by atoms with Gasteiger partial charge in [-0.05, 0) is 76.4 Å². The molecule has 0 N–H and O–H groups in total. The van der Waals surface area contributed by atoms with Gasteiger partial charge in [-0.3, -0.25) is 4.90 Å². The number of carbonyl (C=O) groups is 2. The first-order valence-electron chi connectivity index (χ1n) is 13.2. The molecule has 0 bridgehead atoms. The highest BCUT2D eigenvalue weighted by molar-refractivity contribution is 5.91. The van der Waals surface area contributed by atoms with E-state index in [1.165, 1.54) is 13.2 Å². The molecular weight excluding hydrogens is 503 g/mol. The summed E-state index contributed by atoms with van der Waals surface area (Å²) in [6, 6.07) is 8.55. The smallest absolute Gasteiger partial charge is 0.410 e. The Morgan fingerprint density at radius 1 is 1.08 bits per heavy atom. The van der Waals surface area contributed by atoms with Crippen LogP contribution in [0.25, 0.3) is 0 Å². The van der Waals surface area contributed by atoms with E-state index in [0.717, 1.165) is 0 Å². The molecule has 0 unspecified atom stereocenters. The van der Waals surface area contributed by atoms with Crippen LogP contribution < -0.4 is 4.74 Å². The normalized spacial score (nSPS) is 17.1. The molecule has 0 aromatic heterocycles. The van der Waals surface area contributed by atoms with Gasteiger partial charge < -0.3 is 23.8 Å². The Hall–Kier alpha value is -3.17. The highest BCUT2D eigenvalue weighted by atomic mass is 19.1. The van der Waals surface area contributed by atoms with E-state index in [9.17, 15) is 14.0 Å². The average molecular weight is 545 g/mol. The third-order valence-corrected chi connectivity index (χ3v) is 6.71. The zero-order valence-corrected chi connectivity index (χ0v) is 24.3. The molecule has 1 heterocycles. The van der Waals surface area contributed by atoms with Gasteiger partial charge in [0.15, 0.2) is 0 Å². The number of carbonyl (C=O) groups excluding carboxylic acids is 2. The van der Waals surface area contributed by atoms with E-state index in [1.807, 2.05) is 40.7 Å². The Morgan fingerprint density at radius 3 is 2.38 bits per heavy atom. The minimum Gasteiger partial charge on any atom is -0.484 e. The molecule has 2 aromatic rings. The lowest BCUT2D eigenvalue weighted by Crippen LogP contribution is -2.55. The fourth-order valence-corrected chi connectivity index (χ4v) is 4.63. The van der Waals surface area contributed by atoms with Gasteiger partial charge in [0.05, 0.1) is 19.3 Å². The number of benzene rings is 2. The number of nitrogens with zero attached hydrogens (tertiary/aromatic N) is 2. The number of hydrogen-bond donors (Lipinski definition) is 0. The molecule has 8 nitrogen and oxygen atoms in total. The molecule has 2 atom stereocenters. The fourth-order valence-electron chi connectivity index (χ4n) is 4.63. The highest BCUT2D eigenvalue weighted by Gasteiger charge is 2.32. The molecule has 0 radical (unpaired) electrons. The van der Waals surface area contributed by atoms with Crippen LogP contribution in [0.15, 0.2) is 30.3 Å². The van der Waals surface area contributed by atoms with Crippen molar-refractivity contribution in [1.82, 2.24) is 9.80 Å². The maximum absolute atomic E-state index is 14.6. The Kier molecular flexibility index (Phi) is 9.96. The summed E-state index contributed by atoms with van der Waals surface area (Å²) in [5.41, 5.74) is 2.49. The lowest BCUT2D eigenvalue weighted by Gasteiger charge is -2.41. The number of halogens is 1. The minimum atomic E-state index is -0.566. The molecule has 1 aliphatic heterocycles. The van der Waals surface area contributed by atoms with E-state index in [2.05, 4.69) is 4.90 Å². The highest BCUT2D eigenvalue weighted by Crippen LogP contribution is 2.31. The van der Waals surface area contributed by atoms with Crippen molar-refractivity contribution in [3.63, 3.8) is 0 Å². The predicted molar refractivity (Wildman–Crippen MR) is 147 cm³/mol. The topological polar surface area (TPSA) is 77.5 Å². The molecule has 1 saturated heterocycles. The summed E-state index contributed by atoms with van der Waals surface area (Å²) >= 11 is 0. The van der Waals surface area contributed by atoms with Gasteiger partial charge in [-0.15, -0.1) is 0 Å². The Bertz CT molecular complexity index is 1180. The van der Waals surface area contributed by atoms with Gasteiger partial charge in [-0.25, -0.2) is 14.0 Å². The molecule has 1 aliphatic rings. The number of ether oxygens (including phenoxy) is 4. The van der Waals surface area contributed by atoms with Crippen molar-refractivity contribution in [1.29, 1.82) is 0 Å². The summed E-state index contributed by atoms with van der Waals surface area (Å²) < 4.78 is 37.1. The third kappa shape index (κ3) is 7.92. The lowest BCUT2D eigenvalue weighted by atomic mass is 10.0. The largest absolute Gasteiger partial charge is 0.484 e. The summed E-state index contributed by atoms with van der Waals surface area (Å²) in [6.07, 6.45) is -0.840. The van der Waals surface area contributed by atoms with Gasteiger partial charge >= 0.3 is 12.1 Å². The molecule has 9 heteroatoms. The Balaban J connectivity index is 1.88. The fraction of sp³-hybridized carbons (Fsp3) is 0.533. The molecule has 0 aliphatic carbocycles. The molecule has 39 heavy (non-hydrogen) atoms. The number of aryl methyl sites for hydroxylation is 2. The van der Waals surface area contributed by atoms with E-state index in [0.29, 0.717) is 59.7 Å². The van der Waals surface area contributed by atoms with Crippen LogP contribution in [0.2, 0.25) is 0 Å². The van der Waals surface area contributed by atoms with Gasteiger partial charge in [0.25, 0.3) is 0 Å². The van der Waals surface area contributed by atoms with Crippen LogP contribution in [0.1, 0.15) is 66.4 Å². The molecule has 1 fully saturated rings. The lowest BCUT2D eigenvalue weighted by molar-refractivity contribution is -0.00308. The van der Waals surface area contributed by atoms with Crippen LogP contribution >= 0.6 is 0 Å². The second-order valence-electron chi connectivity index (χ2n) is 11.1. The number of hydrogen-bond acceptors (Lipinski definition) is 7. The van der Waals surface area contributed by atoms with Gasteiger partial charge in [0.1, 0.15) is 23.3 Å². The SMILES string of the molecule is COCc1cc(C(=O)OC)c(C)cc1O[C@H](CN1CCN(C(=O)OC(C)(C)C)[C@H](C)C1)c1ccc(C)c(F)c1. The van der Waals surface area contributed by atoms with Crippen molar-refractivity contribution in [2.75, 3.05) is 40.4 Å². The van der Waals surface area contributed by atoms with Crippen molar-refractivity contribution in [3.05, 3.63) is 64.0 Å².